The molecule has 1 saturated heterocycles. The quantitative estimate of drug-likeness (QED) is 0.384. The molecular weight excluding hydrogens is 470 g/mol. The van der Waals surface area contributed by atoms with Crippen molar-refractivity contribution in [3.63, 3.8) is 0 Å². The number of carbonyl (C=O) groups is 2. The second-order valence-electron chi connectivity index (χ2n) is 9.66. The molecule has 0 aliphatic carbocycles. The molecule has 8 heteroatoms. The lowest BCUT2D eigenvalue weighted by atomic mass is 9.98. The summed E-state index contributed by atoms with van der Waals surface area (Å²) in [6.07, 6.45) is 3.59. The minimum atomic E-state index is -0.960. The second-order valence-corrected chi connectivity index (χ2v) is 9.66. The van der Waals surface area contributed by atoms with Crippen LogP contribution in [0.4, 0.5) is 11.5 Å². The smallest absolute Gasteiger partial charge is 0.335 e. The van der Waals surface area contributed by atoms with Gasteiger partial charge in [0.1, 0.15) is 17.3 Å². The predicted octanol–water partition coefficient (Wildman–Crippen LogP) is 5.36. The largest absolute Gasteiger partial charge is 0.493 e. The number of nitrogens with zero attached hydrogens (tertiary/aromatic N) is 2. The van der Waals surface area contributed by atoms with Crippen LogP contribution in [0, 0.1) is 11.8 Å². The molecule has 8 nitrogen and oxygen atoms in total. The van der Waals surface area contributed by atoms with Gasteiger partial charge in [0, 0.05) is 18.7 Å². The lowest BCUT2D eigenvalue weighted by Gasteiger charge is -2.32. The summed E-state index contributed by atoms with van der Waals surface area (Å²) in [4.78, 5) is 30.5. The monoisotopic (exact) mass is 503 g/mol. The summed E-state index contributed by atoms with van der Waals surface area (Å²) in [5, 5.41) is 12.0. The van der Waals surface area contributed by atoms with Crippen molar-refractivity contribution in [2.45, 2.75) is 26.7 Å². The van der Waals surface area contributed by atoms with E-state index in [0.717, 1.165) is 37.5 Å². The van der Waals surface area contributed by atoms with Gasteiger partial charge in [-0.15, -0.1) is 0 Å². The van der Waals surface area contributed by atoms with Gasteiger partial charge in [-0.2, -0.15) is 0 Å². The van der Waals surface area contributed by atoms with E-state index in [1.165, 1.54) is 0 Å². The van der Waals surface area contributed by atoms with E-state index in [2.05, 4.69) is 29.0 Å². The van der Waals surface area contributed by atoms with Crippen molar-refractivity contribution >= 4 is 23.4 Å². The number of benzene rings is 2. The first-order chi connectivity index (χ1) is 17.9. The minimum absolute atomic E-state index is 0.195. The molecule has 2 N–H and O–H groups in total. The van der Waals surface area contributed by atoms with E-state index in [1.54, 1.807) is 54.7 Å². The Morgan fingerprint density at radius 3 is 2.41 bits per heavy atom. The summed E-state index contributed by atoms with van der Waals surface area (Å²) in [5.74, 6) is 1.88. The summed E-state index contributed by atoms with van der Waals surface area (Å²) in [6, 6.07) is 17.5. The zero-order valence-electron chi connectivity index (χ0n) is 21.2. The highest BCUT2D eigenvalue weighted by molar-refractivity contribution is 6.04. The van der Waals surface area contributed by atoms with Crippen LogP contribution in [0.15, 0.2) is 66.9 Å². The maximum absolute atomic E-state index is 12.6. The summed E-state index contributed by atoms with van der Waals surface area (Å²) >= 11 is 0. The van der Waals surface area contributed by atoms with Crippen LogP contribution in [0.2, 0.25) is 0 Å². The molecule has 0 radical (unpaired) electrons. The van der Waals surface area contributed by atoms with Gasteiger partial charge in [0.2, 0.25) is 0 Å². The first-order valence-electron chi connectivity index (χ1n) is 12.6. The maximum atomic E-state index is 12.6. The number of carboxylic acid groups (broad SMARTS) is 1. The van der Waals surface area contributed by atoms with Gasteiger partial charge in [-0.3, -0.25) is 4.79 Å². The standard InChI is InChI=1S/C29H33N3O5/c1-20(2)18-36-25-9-6-22(7-10-25)28(33)31-24-8-11-27(30-17-24)32-14-12-21(13-15-32)19-37-26-5-3-4-23(16-26)29(34)35/h3-11,16-17,20-21H,12-15,18-19H2,1-2H3,(H,31,33)(H,34,35). The van der Waals surface area contributed by atoms with E-state index in [1.807, 2.05) is 12.1 Å². The van der Waals surface area contributed by atoms with Gasteiger partial charge in [-0.05, 0) is 79.3 Å². The third-order valence-corrected chi connectivity index (χ3v) is 6.21. The summed E-state index contributed by atoms with van der Waals surface area (Å²) in [7, 11) is 0. The summed E-state index contributed by atoms with van der Waals surface area (Å²) in [6.45, 7) is 7.08. The Morgan fingerprint density at radius 2 is 1.76 bits per heavy atom. The van der Waals surface area contributed by atoms with E-state index < -0.39 is 5.97 Å². The molecule has 1 fully saturated rings. The molecule has 0 atom stereocenters. The van der Waals surface area contributed by atoms with Crippen molar-refractivity contribution in [3.8, 4) is 11.5 Å². The number of carbonyl (C=O) groups excluding carboxylic acids is 1. The molecule has 4 rings (SSSR count). The average Bonchev–Trinajstić information content (AvgIpc) is 2.92. The molecule has 37 heavy (non-hydrogen) atoms. The molecule has 2 aromatic carbocycles. The highest BCUT2D eigenvalue weighted by Gasteiger charge is 2.21. The van der Waals surface area contributed by atoms with E-state index in [0.29, 0.717) is 42.0 Å². The number of pyridine rings is 1. The Labute approximate surface area is 217 Å². The highest BCUT2D eigenvalue weighted by atomic mass is 16.5. The number of amides is 1. The molecule has 1 aliphatic rings. The van der Waals surface area contributed by atoms with Crippen LogP contribution in [0.5, 0.6) is 11.5 Å². The number of aromatic carboxylic acids is 1. The van der Waals surface area contributed by atoms with E-state index in [4.69, 9.17) is 14.6 Å². The van der Waals surface area contributed by atoms with Gasteiger partial charge in [0.05, 0.1) is 30.7 Å². The van der Waals surface area contributed by atoms with E-state index in [9.17, 15) is 9.59 Å². The Hall–Kier alpha value is -4.07. The fraction of sp³-hybridized carbons (Fsp3) is 0.345. The van der Waals surface area contributed by atoms with Crippen LogP contribution in [0.1, 0.15) is 47.4 Å². The third kappa shape index (κ3) is 7.46. The molecule has 1 aliphatic heterocycles. The molecule has 1 amide bonds. The fourth-order valence-electron chi connectivity index (χ4n) is 4.08. The van der Waals surface area contributed by atoms with Gasteiger partial charge < -0.3 is 24.8 Å². The fourth-order valence-corrected chi connectivity index (χ4v) is 4.08. The lowest BCUT2D eigenvalue weighted by molar-refractivity contribution is 0.0696. The molecule has 2 heterocycles. The Balaban J connectivity index is 1.23. The van der Waals surface area contributed by atoms with Crippen LogP contribution in [-0.2, 0) is 0 Å². The Bertz CT molecular complexity index is 1190. The number of piperidine rings is 1. The van der Waals surface area contributed by atoms with Crippen molar-refractivity contribution in [1.29, 1.82) is 0 Å². The molecule has 3 aromatic rings. The first-order valence-corrected chi connectivity index (χ1v) is 12.6. The average molecular weight is 504 g/mol. The summed E-state index contributed by atoms with van der Waals surface area (Å²) in [5.41, 5.74) is 1.42. The van der Waals surface area contributed by atoms with Gasteiger partial charge in [0.25, 0.3) is 5.91 Å². The predicted molar refractivity (Wildman–Crippen MR) is 143 cm³/mol. The molecule has 0 bridgehead atoms. The molecule has 0 spiro atoms. The Kier molecular flexibility index (Phi) is 8.61. The first kappa shape index (κ1) is 26.0. The third-order valence-electron chi connectivity index (χ3n) is 6.21. The van der Waals surface area contributed by atoms with Crippen LogP contribution in [0.25, 0.3) is 0 Å². The number of anilines is 2. The number of ether oxygens (including phenoxy) is 2. The number of nitrogens with one attached hydrogen (secondary N) is 1. The van der Waals surface area contributed by atoms with Gasteiger partial charge >= 0.3 is 5.97 Å². The van der Waals surface area contributed by atoms with Crippen molar-refractivity contribution < 1.29 is 24.2 Å². The number of carboxylic acids is 1. The Morgan fingerprint density at radius 1 is 1.00 bits per heavy atom. The van der Waals surface area contributed by atoms with Gasteiger partial charge in [-0.25, -0.2) is 9.78 Å². The van der Waals surface area contributed by atoms with Crippen LogP contribution >= 0.6 is 0 Å². The van der Waals surface area contributed by atoms with Crippen molar-refractivity contribution in [1.82, 2.24) is 4.98 Å². The minimum Gasteiger partial charge on any atom is -0.493 e. The van der Waals surface area contributed by atoms with E-state index in [-0.39, 0.29) is 11.5 Å². The molecule has 1 aromatic heterocycles. The number of aromatic nitrogens is 1. The van der Waals surface area contributed by atoms with Gasteiger partial charge in [-0.1, -0.05) is 19.9 Å². The number of hydrogen-bond acceptors (Lipinski definition) is 6. The van der Waals surface area contributed by atoms with E-state index >= 15 is 0 Å². The lowest BCUT2D eigenvalue weighted by Crippen LogP contribution is -2.36. The topological polar surface area (TPSA) is 101 Å². The molecule has 194 valence electrons. The summed E-state index contributed by atoms with van der Waals surface area (Å²) < 4.78 is 11.5. The van der Waals surface area contributed by atoms with Crippen LogP contribution in [0.3, 0.4) is 0 Å². The van der Waals surface area contributed by atoms with Gasteiger partial charge in [0.15, 0.2) is 0 Å². The van der Waals surface area contributed by atoms with Crippen LogP contribution in [-0.4, -0.2) is 48.3 Å². The number of hydrogen-bond donors (Lipinski definition) is 2. The van der Waals surface area contributed by atoms with Crippen LogP contribution < -0.4 is 19.7 Å². The van der Waals surface area contributed by atoms with Crippen molar-refractivity contribution in [2.24, 2.45) is 11.8 Å². The zero-order chi connectivity index (χ0) is 26.2. The highest BCUT2D eigenvalue weighted by Crippen LogP contribution is 2.24. The van der Waals surface area contributed by atoms with Crippen molar-refractivity contribution in [2.75, 3.05) is 36.5 Å². The second kappa shape index (κ2) is 12.3. The normalized spacial score (nSPS) is 13.9. The zero-order valence-corrected chi connectivity index (χ0v) is 21.2. The molecular formula is C29H33N3O5. The molecule has 0 saturated carbocycles. The SMILES string of the molecule is CC(C)COc1ccc(C(=O)Nc2ccc(N3CCC(COc4cccc(C(=O)O)c4)CC3)nc2)cc1. The maximum Gasteiger partial charge on any atom is 0.335 e. The number of rotatable bonds is 10. The van der Waals surface area contributed by atoms with Crippen molar-refractivity contribution in [3.05, 3.63) is 78.0 Å². The molecule has 0 unspecified atom stereocenters.